The highest BCUT2D eigenvalue weighted by atomic mass is 32.2. The van der Waals surface area contributed by atoms with Gasteiger partial charge in [-0.1, -0.05) is 50.0 Å². The molecule has 0 spiro atoms. The first-order valence-corrected chi connectivity index (χ1v) is 9.28. The summed E-state index contributed by atoms with van der Waals surface area (Å²) in [5, 5.41) is 2.94. The Hall–Kier alpha value is -1.07. The minimum absolute atomic E-state index is 0.00554. The zero-order valence-corrected chi connectivity index (χ0v) is 14.9. The van der Waals surface area contributed by atoms with Crippen molar-refractivity contribution in [3.63, 3.8) is 0 Å². The fourth-order valence-electron chi connectivity index (χ4n) is 2.48. The van der Waals surface area contributed by atoms with Crippen molar-refractivity contribution in [2.45, 2.75) is 33.1 Å². The molecule has 1 aliphatic heterocycles. The number of anilines is 1. The van der Waals surface area contributed by atoms with E-state index in [4.69, 9.17) is 12.2 Å². The number of piperidine rings is 1. The summed E-state index contributed by atoms with van der Waals surface area (Å²) in [7, 11) is 0. The number of rotatable bonds is 4. The van der Waals surface area contributed by atoms with E-state index >= 15 is 0 Å². The van der Waals surface area contributed by atoms with Crippen LogP contribution in [0.2, 0.25) is 0 Å². The van der Waals surface area contributed by atoms with Gasteiger partial charge in [-0.05, 0) is 42.9 Å². The summed E-state index contributed by atoms with van der Waals surface area (Å²) in [6.07, 6.45) is 3.35. The van der Waals surface area contributed by atoms with Crippen molar-refractivity contribution in [3.8, 4) is 0 Å². The smallest absolute Gasteiger partial charge is 0.234 e. The van der Waals surface area contributed by atoms with E-state index in [-0.39, 0.29) is 5.91 Å². The number of likely N-dealkylation sites (tertiary alicyclic amines) is 1. The van der Waals surface area contributed by atoms with Gasteiger partial charge in [0.05, 0.1) is 5.75 Å². The molecule has 1 heterocycles. The Labute approximate surface area is 142 Å². The summed E-state index contributed by atoms with van der Waals surface area (Å²) in [6.45, 7) is 6.43. The average Bonchev–Trinajstić information content (AvgIpc) is 2.53. The van der Waals surface area contributed by atoms with Gasteiger partial charge in [0, 0.05) is 18.8 Å². The highest BCUT2D eigenvalue weighted by molar-refractivity contribution is 8.23. The summed E-state index contributed by atoms with van der Waals surface area (Å²) in [5.41, 5.74) is 2.09. The molecule has 1 N–H and O–H groups in total. The molecule has 1 aliphatic rings. The Bertz CT molecular complexity index is 525. The molecule has 5 heteroatoms. The molecule has 1 aromatic rings. The Balaban J connectivity index is 1.76. The number of hydrogen-bond donors (Lipinski definition) is 1. The van der Waals surface area contributed by atoms with E-state index in [0.29, 0.717) is 5.75 Å². The standard InChI is InChI=1S/C17H24N2OS2/c1-3-14-5-4-6-15(11-14)18-16(20)12-22-17(21)19-9-7-13(2)8-10-19/h4-6,11,13H,3,7-10,12H2,1-2H3,(H,18,20). The molecule has 1 aromatic carbocycles. The Kier molecular flexibility index (Phi) is 6.70. The lowest BCUT2D eigenvalue weighted by Gasteiger charge is -2.31. The van der Waals surface area contributed by atoms with E-state index < -0.39 is 0 Å². The number of benzene rings is 1. The summed E-state index contributed by atoms with van der Waals surface area (Å²) in [5.74, 6) is 1.17. The second-order valence-corrected chi connectivity index (χ2v) is 7.44. The predicted octanol–water partition coefficient (Wildman–Crippen LogP) is 3.94. The number of thiocarbonyl (C=S) groups is 1. The lowest BCUT2D eigenvalue weighted by atomic mass is 10.00. The number of nitrogens with one attached hydrogen (secondary N) is 1. The summed E-state index contributed by atoms with van der Waals surface area (Å²) >= 11 is 6.91. The maximum Gasteiger partial charge on any atom is 0.234 e. The predicted molar refractivity (Wildman–Crippen MR) is 99.5 cm³/mol. The van der Waals surface area contributed by atoms with Crippen LogP contribution in [0.25, 0.3) is 0 Å². The first kappa shape index (κ1) is 17.3. The first-order valence-electron chi connectivity index (χ1n) is 7.89. The number of carbonyl (C=O) groups is 1. The van der Waals surface area contributed by atoms with Crippen molar-refractivity contribution in [2.24, 2.45) is 5.92 Å². The number of amides is 1. The van der Waals surface area contributed by atoms with Crippen LogP contribution in [0.1, 0.15) is 32.3 Å². The van der Waals surface area contributed by atoms with E-state index in [1.54, 1.807) is 0 Å². The molecule has 0 bridgehead atoms. The van der Waals surface area contributed by atoms with Crippen LogP contribution >= 0.6 is 24.0 Å². The van der Waals surface area contributed by atoms with E-state index in [0.717, 1.165) is 35.4 Å². The van der Waals surface area contributed by atoms with Gasteiger partial charge in [0.25, 0.3) is 0 Å². The molecule has 1 fully saturated rings. The third-order valence-electron chi connectivity index (χ3n) is 3.99. The van der Waals surface area contributed by atoms with Crippen LogP contribution in [0.4, 0.5) is 5.69 Å². The average molecular weight is 337 g/mol. The van der Waals surface area contributed by atoms with Crippen molar-refractivity contribution in [2.75, 3.05) is 24.2 Å². The molecule has 3 nitrogen and oxygen atoms in total. The quantitative estimate of drug-likeness (QED) is 0.844. The van der Waals surface area contributed by atoms with Crippen LogP contribution in [0.3, 0.4) is 0 Å². The van der Waals surface area contributed by atoms with Gasteiger partial charge in [-0.3, -0.25) is 4.79 Å². The minimum Gasteiger partial charge on any atom is -0.357 e. The van der Waals surface area contributed by atoms with Crippen molar-refractivity contribution < 1.29 is 4.79 Å². The Morgan fingerprint density at radius 1 is 1.41 bits per heavy atom. The zero-order valence-electron chi connectivity index (χ0n) is 13.3. The van der Waals surface area contributed by atoms with Crippen LogP contribution in [-0.4, -0.2) is 34.0 Å². The Morgan fingerprint density at radius 3 is 2.82 bits per heavy atom. The fourth-order valence-corrected chi connectivity index (χ4v) is 3.53. The van der Waals surface area contributed by atoms with Gasteiger partial charge in [-0.2, -0.15) is 0 Å². The van der Waals surface area contributed by atoms with E-state index in [1.165, 1.54) is 30.2 Å². The SMILES string of the molecule is CCc1cccc(NC(=O)CSC(=S)N2CCC(C)CC2)c1. The van der Waals surface area contributed by atoms with Gasteiger partial charge in [0.1, 0.15) is 4.32 Å². The second kappa shape index (κ2) is 8.53. The van der Waals surface area contributed by atoms with Crippen molar-refractivity contribution in [3.05, 3.63) is 29.8 Å². The van der Waals surface area contributed by atoms with Crippen molar-refractivity contribution in [1.82, 2.24) is 4.90 Å². The molecule has 0 aromatic heterocycles. The second-order valence-electron chi connectivity index (χ2n) is 5.83. The van der Waals surface area contributed by atoms with Gasteiger partial charge in [0.2, 0.25) is 5.91 Å². The maximum atomic E-state index is 12.0. The minimum atomic E-state index is 0.00554. The third kappa shape index (κ3) is 5.29. The van der Waals surface area contributed by atoms with E-state index in [2.05, 4.69) is 30.1 Å². The monoisotopic (exact) mass is 336 g/mol. The topological polar surface area (TPSA) is 32.3 Å². The molecule has 1 saturated heterocycles. The van der Waals surface area contributed by atoms with Crippen LogP contribution in [0.5, 0.6) is 0 Å². The van der Waals surface area contributed by atoms with Gasteiger partial charge in [-0.15, -0.1) is 0 Å². The molecule has 0 atom stereocenters. The number of hydrogen-bond acceptors (Lipinski definition) is 3. The molecule has 0 saturated carbocycles. The van der Waals surface area contributed by atoms with E-state index in [9.17, 15) is 4.79 Å². The molecule has 1 amide bonds. The molecule has 120 valence electrons. The summed E-state index contributed by atoms with van der Waals surface area (Å²) in [6, 6.07) is 7.98. The first-order chi connectivity index (χ1) is 10.6. The summed E-state index contributed by atoms with van der Waals surface area (Å²) < 4.78 is 0.851. The highest BCUT2D eigenvalue weighted by Gasteiger charge is 2.18. The fraction of sp³-hybridized carbons (Fsp3) is 0.529. The molecular formula is C17H24N2OS2. The highest BCUT2D eigenvalue weighted by Crippen LogP contribution is 2.20. The molecule has 22 heavy (non-hydrogen) atoms. The molecular weight excluding hydrogens is 312 g/mol. The van der Waals surface area contributed by atoms with Gasteiger partial charge >= 0.3 is 0 Å². The third-order valence-corrected chi connectivity index (χ3v) is 5.51. The van der Waals surface area contributed by atoms with Gasteiger partial charge in [-0.25, -0.2) is 0 Å². The van der Waals surface area contributed by atoms with Crippen LogP contribution < -0.4 is 5.32 Å². The van der Waals surface area contributed by atoms with Gasteiger partial charge < -0.3 is 10.2 Å². The number of thioether (sulfide) groups is 1. The number of aryl methyl sites for hydroxylation is 1. The molecule has 2 rings (SSSR count). The van der Waals surface area contributed by atoms with Crippen LogP contribution in [0.15, 0.2) is 24.3 Å². The molecule has 0 unspecified atom stereocenters. The molecule has 0 aliphatic carbocycles. The van der Waals surface area contributed by atoms with Gasteiger partial charge in [0.15, 0.2) is 0 Å². The molecule has 0 radical (unpaired) electrons. The lowest BCUT2D eigenvalue weighted by molar-refractivity contribution is -0.113. The van der Waals surface area contributed by atoms with Crippen molar-refractivity contribution in [1.29, 1.82) is 0 Å². The zero-order chi connectivity index (χ0) is 15.9. The van der Waals surface area contributed by atoms with E-state index in [1.807, 2.05) is 18.2 Å². The number of nitrogens with zero attached hydrogens (tertiary/aromatic N) is 1. The maximum absolute atomic E-state index is 12.0. The van der Waals surface area contributed by atoms with Crippen LogP contribution in [-0.2, 0) is 11.2 Å². The van der Waals surface area contributed by atoms with Crippen LogP contribution in [0, 0.1) is 5.92 Å². The Morgan fingerprint density at radius 2 is 2.14 bits per heavy atom. The number of carbonyl (C=O) groups excluding carboxylic acids is 1. The largest absolute Gasteiger partial charge is 0.357 e. The lowest BCUT2D eigenvalue weighted by Crippen LogP contribution is -2.36. The van der Waals surface area contributed by atoms with Crippen molar-refractivity contribution >= 4 is 39.9 Å². The normalized spacial score (nSPS) is 15.6. The summed E-state index contributed by atoms with van der Waals surface area (Å²) in [4.78, 5) is 14.3.